The van der Waals surface area contributed by atoms with Crippen LogP contribution in [0.4, 0.5) is 0 Å². The van der Waals surface area contributed by atoms with Crippen LogP contribution in [0.15, 0.2) is 30.3 Å². The fraction of sp³-hybridized carbons (Fsp3) is 0.450. The Kier molecular flexibility index (Phi) is 5.08. The number of hydrogen-bond acceptors (Lipinski definition) is 5. The monoisotopic (exact) mass is 382 g/mol. The van der Waals surface area contributed by atoms with Crippen LogP contribution in [0.1, 0.15) is 22.5 Å². The van der Waals surface area contributed by atoms with Crippen molar-refractivity contribution < 1.29 is 0 Å². The summed E-state index contributed by atoms with van der Waals surface area (Å²) in [6.07, 6.45) is 0. The van der Waals surface area contributed by atoms with Crippen molar-refractivity contribution in [3.8, 4) is 0 Å². The zero-order valence-corrected chi connectivity index (χ0v) is 17.0. The van der Waals surface area contributed by atoms with Crippen molar-refractivity contribution in [1.82, 2.24) is 29.0 Å². The molecule has 1 fully saturated rings. The quantitative estimate of drug-likeness (QED) is 0.649. The molecule has 0 saturated carbocycles. The smallest absolute Gasteiger partial charge is 0.254 e. The largest absolute Gasteiger partial charge is 0.297 e. The van der Waals surface area contributed by atoms with Gasteiger partial charge < -0.3 is 0 Å². The summed E-state index contributed by atoms with van der Waals surface area (Å²) in [5.74, 6) is 0.690. The molecule has 7 heteroatoms. The van der Waals surface area contributed by atoms with E-state index in [9.17, 15) is 0 Å². The van der Waals surface area contributed by atoms with Gasteiger partial charge in [0.05, 0.1) is 6.67 Å². The van der Waals surface area contributed by atoms with E-state index in [0.717, 1.165) is 55.6 Å². The first-order valence-corrected chi connectivity index (χ1v) is 9.85. The van der Waals surface area contributed by atoms with Gasteiger partial charge >= 0.3 is 0 Å². The molecule has 0 spiro atoms. The molecular formula is C20H26N6S. The van der Waals surface area contributed by atoms with Gasteiger partial charge in [-0.25, -0.2) is 9.67 Å². The minimum Gasteiger partial charge on any atom is -0.297 e. The number of benzene rings is 1. The Hall–Kier alpha value is -2.09. The first kappa shape index (κ1) is 18.3. The van der Waals surface area contributed by atoms with Gasteiger partial charge in [-0.1, -0.05) is 24.3 Å². The Labute approximate surface area is 165 Å². The first-order chi connectivity index (χ1) is 13.0. The molecule has 0 bridgehead atoms. The lowest BCUT2D eigenvalue weighted by molar-refractivity contribution is 0.0981. The first-order valence-electron chi connectivity index (χ1n) is 9.44. The second kappa shape index (κ2) is 7.50. The summed E-state index contributed by atoms with van der Waals surface area (Å²) in [4.78, 5) is 9.46. The predicted octanol–water partition coefficient (Wildman–Crippen LogP) is 2.96. The van der Waals surface area contributed by atoms with E-state index in [-0.39, 0.29) is 0 Å². The number of rotatable bonds is 4. The maximum Gasteiger partial charge on any atom is 0.254 e. The van der Waals surface area contributed by atoms with Crippen LogP contribution in [0.3, 0.4) is 0 Å². The standard InChI is InChI=1S/C20H26N6S/c1-15-6-4-5-7-18(15)13-23-8-10-24(11-9-23)14-25-20(27)26-17(3)12-16(2)21-19(26)22-25/h4-7,12H,8-11,13-14H2,1-3H3. The lowest BCUT2D eigenvalue weighted by atomic mass is 10.1. The van der Waals surface area contributed by atoms with Crippen molar-refractivity contribution >= 4 is 18.0 Å². The van der Waals surface area contributed by atoms with Gasteiger partial charge in [0, 0.05) is 44.1 Å². The Morgan fingerprint density at radius 2 is 1.70 bits per heavy atom. The van der Waals surface area contributed by atoms with Gasteiger partial charge in [-0.15, -0.1) is 5.10 Å². The Balaban J connectivity index is 1.42. The van der Waals surface area contributed by atoms with Crippen molar-refractivity contribution in [2.45, 2.75) is 34.0 Å². The van der Waals surface area contributed by atoms with E-state index >= 15 is 0 Å². The van der Waals surface area contributed by atoms with E-state index < -0.39 is 0 Å². The zero-order chi connectivity index (χ0) is 19.0. The summed E-state index contributed by atoms with van der Waals surface area (Å²) in [6.45, 7) is 12.1. The van der Waals surface area contributed by atoms with Crippen molar-refractivity contribution in [3.63, 3.8) is 0 Å². The van der Waals surface area contributed by atoms with Crippen LogP contribution in [0.5, 0.6) is 0 Å². The van der Waals surface area contributed by atoms with Crippen molar-refractivity contribution in [1.29, 1.82) is 0 Å². The molecule has 0 aliphatic carbocycles. The fourth-order valence-electron chi connectivity index (χ4n) is 3.73. The summed E-state index contributed by atoms with van der Waals surface area (Å²) in [5.41, 5.74) is 4.84. The lowest BCUT2D eigenvalue weighted by Crippen LogP contribution is -2.46. The highest BCUT2D eigenvalue weighted by Gasteiger charge is 2.19. The summed E-state index contributed by atoms with van der Waals surface area (Å²) < 4.78 is 4.58. The van der Waals surface area contributed by atoms with Crippen LogP contribution in [0, 0.1) is 25.5 Å². The molecule has 1 aliphatic heterocycles. The minimum absolute atomic E-state index is 0.690. The predicted molar refractivity (Wildman–Crippen MR) is 109 cm³/mol. The second-order valence-corrected chi connectivity index (χ2v) is 7.78. The van der Waals surface area contributed by atoms with Gasteiger partial charge in [-0.2, -0.15) is 0 Å². The Bertz CT molecular complexity index is 1010. The molecule has 1 saturated heterocycles. The third kappa shape index (κ3) is 3.81. The van der Waals surface area contributed by atoms with Crippen LogP contribution in [0.25, 0.3) is 5.78 Å². The number of nitrogens with zero attached hydrogens (tertiary/aromatic N) is 6. The van der Waals surface area contributed by atoms with E-state index in [1.54, 1.807) is 0 Å². The highest BCUT2D eigenvalue weighted by Crippen LogP contribution is 2.13. The third-order valence-electron chi connectivity index (χ3n) is 5.32. The van der Waals surface area contributed by atoms with Gasteiger partial charge in [0.15, 0.2) is 0 Å². The summed E-state index contributed by atoms with van der Waals surface area (Å²) >= 11 is 5.64. The molecule has 0 N–H and O–H groups in total. The molecule has 1 aliphatic rings. The molecule has 142 valence electrons. The molecule has 3 heterocycles. The highest BCUT2D eigenvalue weighted by molar-refractivity contribution is 7.71. The SMILES string of the molecule is Cc1cc(C)n2c(=S)n(CN3CCN(Cc4ccccc4C)CC3)nc2n1. The van der Waals surface area contributed by atoms with E-state index in [2.05, 4.69) is 51.1 Å². The molecular weight excluding hydrogens is 356 g/mol. The maximum atomic E-state index is 5.64. The van der Waals surface area contributed by atoms with Gasteiger partial charge in [-0.05, 0) is 50.2 Å². The van der Waals surface area contributed by atoms with Crippen molar-refractivity contribution in [2.24, 2.45) is 0 Å². The van der Waals surface area contributed by atoms with E-state index in [1.807, 2.05) is 29.0 Å². The van der Waals surface area contributed by atoms with E-state index in [0.29, 0.717) is 5.78 Å². The maximum absolute atomic E-state index is 5.64. The summed E-state index contributed by atoms with van der Waals surface area (Å²) in [6, 6.07) is 10.7. The molecule has 0 radical (unpaired) electrons. The average Bonchev–Trinajstić information content (AvgIpc) is 2.94. The van der Waals surface area contributed by atoms with E-state index in [1.165, 1.54) is 11.1 Å². The fourth-order valence-corrected chi connectivity index (χ4v) is 4.06. The minimum atomic E-state index is 0.690. The van der Waals surface area contributed by atoms with Crippen LogP contribution >= 0.6 is 12.2 Å². The van der Waals surface area contributed by atoms with Crippen LogP contribution < -0.4 is 0 Å². The zero-order valence-electron chi connectivity index (χ0n) is 16.2. The van der Waals surface area contributed by atoms with Gasteiger partial charge in [0.25, 0.3) is 5.78 Å². The van der Waals surface area contributed by atoms with Gasteiger partial charge in [0.2, 0.25) is 4.77 Å². The lowest BCUT2D eigenvalue weighted by Gasteiger charge is -2.34. The number of aryl methyl sites for hydroxylation is 3. The van der Waals surface area contributed by atoms with Crippen LogP contribution in [0.2, 0.25) is 0 Å². The Morgan fingerprint density at radius 1 is 1.00 bits per heavy atom. The van der Waals surface area contributed by atoms with Gasteiger partial charge in [-0.3, -0.25) is 14.2 Å². The summed E-state index contributed by atoms with van der Waals surface area (Å²) in [7, 11) is 0. The molecule has 27 heavy (non-hydrogen) atoms. The molecule has 6 nitrogen and oxygen atoms in total. The number of piperazine rings is 1. The molecule has 0 amide bonds. The number of aromatic nitrogens is 4. The molecule has 0 atom stereocenters. The molecule has 1 aromatic carbocycles. The van der Waals surface area contributed by atoms with Crippen molar-refractivity contribution in [2.75, 3.05) is 26.2 Å². The molecule has 0 unspecified atom stereocenters. The van der Waals surface area contributed by atoms with Crippen LogP contribution in [-0.4, -0.2) is 55.1 Å². The number of hydrogen-bond donors (Lipinski definition) is 0. The van der Waals surface area contributed by atoms with Crippen LogP contribution in [-0.2, 0) is 13.2 Å². The topological polar surface area (TPSA) is 41.6 Å². The number of fused-ring (bicyclic) bond motifs is 1. The van der Waals surface area contributed by atoms with E-state index in [4.69, 9.17) is 12.2 Å². The van der Waals surface area contributed by atoms with Gasteiger partial charge in [0.1, 0.15) is 0 Å². The normalized spacial score (nSPS) is 16.3. The highest BCUT2D eigenvalue weighted by atomic mass is 32.1. The second-order valence-electron chi connectivity index (χ2n) is 7.42. The Morgan fingerprint density at radius 3 is 2.44 bits per heavy atom. The van der Waals surface area contributed by atoms with Crippen molar-refractivity contribution in [3.05, 3.63) is 57.6 Å². The third-order valence-corrected chi connectivity index (χ3v) is 5.72. The molecule has 4 rings (SSSR count). The average molecular weight is 383 g/mol. The summed E-state index contributed by atoms with van der Waals surface area (Å²) in [5, 5.41) is 4.64. The molecule has 3 aromatic rings. The molecule has 2 aromatic heterocycles.